The zero-order valence-corrected chi connectivity index (χ0v) is 11.5. The molecule has 2 rings (SSSR count). The van der Waals surface area contributed by atoms with Crippen LogP contribution in [0.4, 0.5) is 0 Å². The van der Waals surface area contributed by atoms with E-state index in [0.29, 0.717) is 5.75 Å². The lowest BCUT2D eigenvalue weighted by molar-refractivity contribution is -0.277. The number of aliphatic hydroxyl groups is 4. The Morgan fingerprint density at radius 2 is 1.76 bits per heavy atom. The van der Waals surface area contributed by atoms with Gasteiger partial charge in [0.15, 0.2) is 0 Å². The molecule has 0 saturated carbocycles. The first kappa shape index (κ1) is 15.9. The third kappa shape index (κ3) is 3.61. The van der Waals surface area contributed by atoms with Crippen molar-refractivity contribution in [2.45, 2.75) is 37.1 Å². The highest BCUT2D eigenvalue weighted by molar-refractivity contribution is 5.28. The summed E-state index contributed by atoms with van der Waals surface area (Å²) < 4.78 is 10.7. The van der Waals surface area contributed by atoms with Gasteiger partial charge in [-0.2, -0.15) is 0 Å². The van der Waals surface area contributed by atoms with E-state index < -0.39 is 37.3 Å². The Labute approximate surface area is 122 Å². The fourth-order valence-electron chi connectivity index (χ4n) is 2.17. The molecule has 0 aliphatic carbocycles. The van der Waals surface area contributed by atoms with Crippen molar-refractivity contribution >= 4 is 0 Å². The smallest absolute Gasteiger partial charge is 0.229 e. The van der Waals surface area contributed by atoms with E-state index in [-0.39, 0.29) is 0 Å². The maximum Gasteiger partial charge on any atom is 0.229 e. The zero-order valence-electron chi connectivity index (χ0n) is 11.5. The second-order valence-electron chi connectivity index (χ2n) is 4.95. The maximum absolute atomic E-state index is 9.87. The molecule has 1 aliphatic rings. The van der Waals surface area contributed by atoms with Gasteiger partial charge in [0, 0.05) is 0 Å². The van der Waals surface area contributed by atoms with Gasteiger partial charge in [0.2, 0.25) is 6.29 Å². The van der Waals surface area contributed by atoms with Crippen molar-refractivity contribution in [3.8, 4) is 5.75 Å². The van der Waals surface area contributed by atoms with Gasteiger partial charge < -0.3 is 29.9 Å². The van der Waals surface area contributed by atoms with Gasteiger partial charge in [0.1, 0.15) is 30.2 Å². The van der Waals surface area contributed by atoms with Crippen molar-refractivity contribution in [1.82, 2.24) is 0 Å². The lowest BCUT2D eigenvalue weighted by Crippen LogP contribution is -2.60. The van der Waals surface area contributed by atoms with Gasteiger partial charge >= 0.3 is 0 Å². The van der Waals surface area contributed by atoms with Gasteiger partial charge in [-0.25, -0.2) is 0 Å². The molecule has 4 N–H and O–H groups in total. The molecule has 1 aromatic rings. The molecule has 0 aromatic heterocycles. The molecule has 5 unspecified atom stereocenters. The highest BCUT2D eigenvalue weighted by atomic mass is 16.7. The van der Waals surface area contributed by atoms with Crippen molar-refractivity contribution in [3.05, 3.63) is 42.5 Å². The molecule has 5 atom stereocenters. The quantitative estimate of drug-likeness (QED) is 0.552. The Bertz CT molecular complexity index is 458. The number of aliphatic hydroxyl groups excluding tert-OH is 4. The monoisotopic (exact) mass is 296 g/mol. The molecule has 0 amide bonds. The fraction of sp³-hybridized carbons (Fsp3) is 0.467. The number of rotatable bonds is 5. The largest absolute Gasteiger partial charge is 0.462 e. The molecule has 116 valence electrons. The Morgan fingerprint density at radius 1 is 1.10 bits per heavy atom. The second-order valence-corrected chi connectivity index (χ2v) is 4.95. The summed E-state index contributed by atoms with van der Waals surface area (Å²) in [7, 11) is 0. The molecule has 1 aromatic carbocycles. The first-order valence-corrected chi connectivity index (χ1v) is 6.74. The topological polar surface area (TPSA) is 99.4 Å². The van der Waals surface area contributed by atoms with Gasteiger partial charge in [0.05, 0.1) is 6.61 Å². The van der Waals surface area contributed by atoms with Crippen LogP contribution in [0.2, 0.25) is 0 Å². The number of ether oxygens (including phenoxy) is 2. The first-order valence-electron chi connectivity index (χ1n) is 6.74. The van der Waals surface area contributed by atoms with Crippen molar-refractivity contribution in [2.75, 3.05) is 6.61 Å². The molecular weight excluding hydrogens is 276 g/mol. The molecule has 0 spiro atoms. The standard InChI is InChI=1S/C15H20O6/c1-2-3-9-4-6-10(7-5-9)20-15-14(19)13(18)12(17)11(8-16)21-15/h2,4-7,11-19H,1,3,8H2. The molecule has 0 radical (unpaired) electrons. The van der Waals surface area contributed by atoms with Gasteiger partial charge in [-0.15, -0.1) is 6.58 Å². The highest BCUT2D eigenvalue weighted by Crippen LogP contribution is 2.24. The summed E-state index contributed by atoms with van der Waals surface area (Å²) in [6.07, 6.45) is -3.86. The molecule has 0 bridgehead atoms. The van der Waals surface area contributed by atoms with E-state index in [1.54, 1.807) is 18.2 Å². The Balaban J connectivity index is 2.05. The minimum atomic E-state index is -1.44. The maximum atomic E-state index is 9.87. The van der Waals surface area contributed by atoms with Crippen LogP contribution in [-0.2, 0) is 11.2 Å². The van der Waals surface area contributed by atoms with Crippen LogP contribution < -0.4 is 4.74 Å². The van der Waals surface area contributed by atoms with E-state index in [0.717, 1.165) is 12.0 Å². The van der Waals surface area contributed by atoms with Crippen molar-refractivity contribution in [3.63, 3.8) is 0 Å². The predicted molar refractivity (Wildman–Crippen MR) is 74.7 cm³/mol. The average molecular weight is 296 g/mol. The molecular formula is C15H20O6. The lowest BCUT2D eigenvalue weighted by atomic mass is 9.99. The minimum Gasteiger partial charge on any atom is -0.462 e. The zero-order chi connectivity index (χ0) is 15.4. The van der Waals surface area contributed by atoms with E-state index in [4.69, 9.17) is 14.6 Å². The van der Waals surface area contributed by atoms with Crippen LogP contribution in [0.15, 0.2) is 36.9 Å². The van der Waals surface area contributed by atoms with E-state index in [1.807, 2.05) is 12.1 Å². The number of hydrogen-bond acceptors (Lipinski definition) is 6. The summed E-state index contributed by atoms with van der Waals surface area (Å²) in [6, 6.07) is 7.11. The molecule has 1 heterocycles. The lowest BCUT2D eigenvalue weighted by Gasteiger charge is -2.39. The average Bonchev–Trinajstić information content (AvgIpc) is 2.50. The Kier molecular flexibility index (Phi) is 5.33. The van der Waals surface area contributed by atoms with Crippen molar-refractivity contribution < 1.29 is 29.9 Å². The van der Waals surface area contributed by atoms with Crippen molar-refractivity contribution in [1.29, 1.82) is 0 Å². The summed E-state index contributed by atoms with van der Waals surface area (Å²) in [5.74, 6) is 0.451. The summed E-state index contributed by atoms with van der Waals surface area (Å²) in [5, 5.41) is 38.3. The van der Waals surface area contributed by atoms with Gasteiger partial charge in [-0.1, -0.05) is 18.2 Å². The summed E-state index contributed by atoms with van der Waals surface area (Å²) in [4.78, 5) is 0. The SMILES string of the molecule is C=CCc1ccc(OC2OC(CO)C(O)C(O)C2O)cc1. The Hall–Kier alpha value is -1.44. The normalized spacial score (nSPS) is 32.7. The molecule has 1 aliphatic heterocycles. The van der Waals surface area contributed by atoms with Crippen LogP contribution in [0.1, 0.15) is 5.56 Å². The minimum absolute atomic E-state index is 0.451. The van der Waals surface area contributed by atoms with E-state index in [1.165, 1.54) is 0 Å². The number of hydrogen-bond donors (Lipinski definition) is 4. The summed E-state index contributed by atoms with van der Waals surface area (Å²) in [6.45, 7) is 3.17. The Morgan fingerprint density at radius 3 is 2.33 bits per heavy atom. The van der Waals surface area contributed by atoms with Crippen LogP contribution in [-0.4, -0.2) is 57.7 Å². The molecule has 1 fully saturated rings. The summed E-state index contributed by atoms with van der Waals surface area (Å²) >= 11 is 0. The highest BCUT2D eigenvalue weighted by Gasteiger charge is 2.44. The predicted octanol–water partition coefficient (Wildman–Crippen LogP) is -0.406. The van der Waals surface area contributed by atoms with E-state index >= 15 is 0 Å². The third-order valence-electron chi connectivity index (χ3n) is 3.40. The molecule has 21 heavy (non-hydrogen) atoms. The van der Waals surface area contributed by atoms with Crippen molar-refractivity contribution in [2.24, 2.45) is 0 Å². The summed E-state index contributed by atoms with van der Waals surface area (Å²) in [5.41, 5.74) is 1.06. The molecule has 6 nitrogen and oxygen atoms in total. The van der Waals surface area contributed by atoms with E-state index in [9.17, 15) is 15.3 Å². The van der Waals surface area contributed by atoms with Crippen LogP contribution >= 0.6 is 0 Å². The van der Waals surface area contributed by atoms with Gasteiger partial charge in [-0.05, 0) is 24.1 Å². The second kappa shape index (κ2) is 7.02. The number of benzene rings is 1. The van der Waals surface area contributed by atoms with Crippen LogP contribution in [0.3, 0.4) is 0 Å². The van der Waals surface area contributed by atoms with Gasteiger partial charge in [0.25, 0.3) is 0 Å². The number of allylic oxidation sites excluding steroid dienone is 1. The fourth-order valence-corrected chi connectivity index (χ4v) is 2.17. The first-order chi connectivity index (χ1) is 10.1. The third-order valence-corrected chi connectivity index (χ3v) is 3.40. The molecule has 1 saturated heterocycles. The molecule has 6 heteroatoms. The van der Waals surface area contributed by atoms with Crippen LogP contribution in [0, 0.1) is 0 Å². The van der Waals surface area contributed by atoms with Gasteiger partial charge in [-0.3, -0.25) is 0 Å². The van der Waals surface area contributed by atoms with Crippen LogP contribution in [0.5, 0.6) is 5.75 Å². The van der Waals surface area contributed by atoms with E-state index in [2.05, 4.69) is 6.58 Å². The van der Waals surface area contributed by atoms with Crippen LogP contribution in [0.25, 0.3) is 0 Å².